The van der Waals surface area contributed by atoms with Crippen LogP contribution in [0.15, 0.2) is 60.7 Å². The van der Waals surface area contributed by atoms with Gasteiger partial charge < -0.3 is 14.4 Å². The summed E-state index contributed by atoms with van der Waals surface area (Å²) in [6.07, 6.45) is -0.956. The first-order valence-electron chi connectivity index (χ1n) is 8.83. The van der Waals surface area contributed by atoms with E-state index in [0.29, 0.717) is 36.7 Å². The normalized spacial score (nSPS) is 15.5. The molecule has 0 saturated carbocycles. The van der Waals surface area contributed by atoms with E-state index >= 15 is 0 Å². The standard InChI is InChI=1S/C21H19NO4S/c23-20(22-10-12-25-13-11-22)19(15-6-2-1-3-7-15)26-21(24)18-14-16-8-4-5-9-17(16)27-18/h1-9,14,19H,10-13H2/t19-/m1/s1. The highest BCUT2D eigenvalue weighted by Crippen LogP contribution is 2.28. The van der Waals surface area contributed by atoms with Crippen LogP contribution in [-0.4, -0.2) is 43.1 Å². The molecular weight excluding hydrogens is 362 g/mol. The van der Waals surface area contributed by atoms with Gasteiger partial charge in [0.1, 0.15) is 4.88 Å². The number of esters is 1. The Kier molecular flexibility index (Phi) is 5.18. The smallest absolute Gasteiger partial charge is 0.349 e. The number of hydrogen-bond acceptors (Lipinski definition) is 5. The second-order valence-corrected chi connectivity index (χ2v) is 7.37. The van der Waals surface area contributed by atoms with Gasteiger partial charge >= 0.3 is 5.97 Å². The molecule has 0 N–H and O–H groups in total. The molecule has 2 heterocycles. The number of amides is 1. The fourth-order valence-corrected chi connectivity index (χ4v) is 4.03. The summed E-state index contributed by atoms with van der Waals surface area (Å²) in [6, 6.07) is 18.7. The summed E-state index contributed by atoms with van der Waals surface area (Å²) in [7, 11) is 0. The van der Waals surface area contributed by atoms with E-state index in [0.717, 1.165) is 10.1 Å². The van der Waals surface area contributed by atoms with Crippen LogP contribution in [0.2, 0.25) is 0 Å². The van der Waals surface area contributed by atoms with E-state index in [1.54, 1.807) is 17.0 Å². The minimum atomic E-state index is -0.956. The van der Waals surface area contributed by atoms with Gasteiger partial charge in [-0.3, -0.25) is 4.79 Å². The summed E-state index contributed by atoms with van der Waals surface area (Å²) in [5.41, 5.74) is 0.670. The number of rotatable bonds is 4. The van der Waals surface area contributed by atoms with Crippen molar-refractivity contribution in [1.82, 2.24) is 4.90 Å². The van der Waals surface area contributed by atoms with Crippen molar-refractivity contribution in [2.75, 3.05) is 26.3 Å². The van der Waals surface area contributed by atoms with Crippen molar-refractivity contribution < 1.29 is 19.1 Å². The lowest BCUT2D eigenvalue weighted by molar-refractivity contribution is -0.145. The second-order valence-electron chi connectivity index (χ2n) is 6.28. The molecule has 6 heteroatoms. The van der Waals surface area contributed by atoms with E-state index in [1.807, 2.05) is 48.5 Å². The molecule has 138 valence electrons. The zero-order valence-corrected chi connectivity index (χ0v) is 15.5. The molecule has 1 saturated heterocycles. The molecular formula is C21H19NO4S. The molecule has 5 nitrogen and oxygen atoms in total. The predicted molar refractivity (Wildman–Crippen MR) is 104 cm³/mol. The highest BCUT2D eigenvalue weighted by Gasteiger charge is 2.31. The average Bonchev–Trinajstić information content (AvgIpc) is 3.17. The number of hydrogen-bond donors (Lipinski definition) is 0. The number of thiophene rings is 1. The Labute approximate surface area is 161 Å². The van der Waals surface area contributed by atoms with Crippen LogP contribution in [0, 0.1) is 0 Å². The molecule has 0 aliphatic carbocycles. The summed E-state index contributed by atoms with van der Waals surface area (Å²) >= 11 is 1.37. The van der Waals surface area contributed by atoms with E-state index in [2.05, 4.69) is 0 Å². The van der Waals surface area contributed by atoms with Crippen molar-refractivity contribution >= 4 is 33.3 Å². The number of benzene rings is 2. The summed E-state index contributed by atoms with van der Waals surface area (Å²) in [4.78, 5) is 28.0. The topological polar surface area (TPSA) is 55.8 Å². The van der Waals surface area contributed by atoms with E-state index in [-0.39, 0.29) is 5.91 Å². The van der Waals surface area contributed by atoms with Crippen LogP contribution in [0.25, 0.3) is 10.1 Å². The van der Waals surface area contributed by atoms with Crippen LogP contribution < -0.4 is 0 Å². The number of fused-ring (bicyclic) bond motifs is 1. The van der Waals surface area contributed by atoms with Gasteiger partial charge in [-0.05, 0) is 17.5 Å². The quantitative estimate of drug-likeness (QED) is 0.647. The molecule has 4 rings (SSSR count). The second kappa shape index (κ2) is 7.90. The number of carbonyl (C=O) groups is 2. The Morgan fingerprint density at radius 3 is 2.44 bits per heavy atom. The highest BCUT2D eigenvalue weighted by atomic mass is 32.1. The third-order valence-electron chi connectivity index (χ3n) is 4.50. The van der Waals surface area contributed by atoms with Crippen molar-refractivity contribution in [3.63, 3.8) is 0 Å². The Morgan fingerprint density at radius 1 is 1.00 bits per heavy atom. The van der Waals surface area contributed by atoms with Crippen molar-refractivity contribution in [2.24, 2.45) is 0 Å². The fraction of sp³-hybridized carbons (Fsp3) is 0.238. The van der Waals surface area contributed by atoms with Crippen molar-refractivity contribution in [3.05, 3.63) is 71.1 Å². The molecule has 3 aromatic rings. The average molecular weight is 381 g/mol. The molecule has 0 radical (unpaired) electrons. The van der Waals surface area contributed by atoms with Gasteiger partial charge in [-0.2, -0.15) is 0 Å². The van der Waals surface area contributed by atoms with Gasteiger partial charge in [0.05, 0.1) is 13.2 Å². The number of morpholine rings is 1. The lowest BCUT2D eigenvalue weighted by Gasteiger charge is -2.30. The maximum atomic E-state index is 13.0. The van der Waals surface area contributed by atoms with Crippen LogP contribution in [-0.2, 0) is 14.3 Å². The Hall–Kier alpha value is -2.70. The van der Waals surface area contributed by atoms with Crippen LogP contribution in [0.4, 0.5) is 0 Å². The third kappa shape index (κ3) is 3.86. The van der Waals surface area contributed by atoms with Crippen molar-refractivity contribution in [3.8, 4) is 0 Å². The van der Waals surface area contributed by atoms with Crippen molar-refractivity contribution in [2.45, 2.75) is 6.10 Å². The first-order valence-corrected chi connectivity index (χ1v) is 9.65. The molecule has 1 atom stereocenters. The first kappa shape index (κ1) is 17.7. The number of carbonyl (C=O) groups excluding carboxylic acids is 2. The number of nitrogens with zero attached hydrogens (tertiary/aromatic N) is 1. The molecule has 2 aromatic carbocycles. The molecule has 1 aromatic heterocycles. The molecule has 0 bridgehead atoms. The molecule has 1 aliphatic rings. The van der Waals surface area contributed by atoms with Crippen LogP contribution in [0.5, 0.6) is 0 Å². The van der Waals surface area contributed by atoms with Gasteiger partial charge in [0.25, 0.3) is 5.91 Å². The molecule has 0 spiro atoms. The SMILES string of the molecule is O=C(O[C@@H](C(=O)N1CCOCC1)c1ccccc1)c1cc2ccccc2s1. The van der Waals surface area contributed by atoms with Gasteiger partial charge in [-0.25, -0.2) is 4.79 Å². The highest BCUT2D eigenvalue weighted by molar-refractivity contribution is 7.20. The fourth-order valence-electron chi connectivity index (χ4n) is 3.09. The maximum absolute atomic E-state index is 13.0. The zero-order chi connectivity index (χ0) is 18.6. The number of ether oxygens (including phenoxy) is 2. The third-order valence-corrected chi connectivity index (χ3v) is 5.60. The summed E-state index contributed by atoms with van der Waals surface area (Å²) in [5, 5.41) is 0.991. The largest absolute Gasteiger partial charge is 0.443 e. The Bertz CT molecular complexity index is 914. The van der Waals surface area contributed by atoms with E-state index < -0.39 is 12.1 Å². The Morgan fingerprint density at radius 2 is 1.70 bits per heavy atom. The maximum Gasteiger partial charge on any atom is 0.349 e. The van der Waals surface area contributed by atoms with E-state index in [9.17, 15) is 9.59 Å². The van der Waals surface area contributed by atoms with Gasteiger partial charge in [0, 0.05) is 23.4 Å². The van der Waals surface area contributed by atoms with E-state index in [4.69, 9.17) is 9.47 Å². The van der Waals surface area contributed by atoms with Gasteiger partial charge in [-0.1, -0.05) is 48.5 Å². The lowest BCUT2D eigenvalue weighted by Crippen LogP contribution is -2.44. The lowest BCUT2D eigenvalue weighted by atomic mass is 10.1. The van der Waals surface area contributed by atoms with Crippen LogP contribution in [0.1, 0.15) is 21.3 Å². The van der Waals surface area contributed by atoms with E-state index in [1.165, 1.54) is 11.3 Å². The van der Waals surface area contributed by atoms with Gasteiger partial charge in [-0.15, -0.1) is 11.3 Å². The monoisotopic (exact) mass is 381 g/mol. The minimum Gasteiger partial charge on any atom is -0.443 e. The molecule has 1 amide bonds. The molecule has 27 heavy (non-hydrogen) atoms. The molecule has 1 fully saturated rings. The zero-order valence-electron chi connectivity index (χ0n) is 14.7. The van der Waals surface area contributed by atoms with Gasteiger partial charge in [0.15, 0.2) is 0 Å². The molecule has 1 aliphatic heterocycles. The van der Waals surface area contributed by atoms with Crippen LogP contribution in [0.3, 0.4) is 0 Å². The summed E-state index contributed by atoms with van der Waals surface area (Å²) in [6.45, 7) is 2.00. The Balaban J connectivity index is 1.60. The minimum absolute atomic E-state index is 0.209. The molecule has 0 unspecified atom stereocenters. The summed E-state index contributed by atoms with van der Waals surface area (Å²) in [5.74, 6) is -0.689. The van der Waals surface area contributed by atoms with Crippen LogP contribution >= 0.6 is 11.3 Å². The summed E-state index contributed by atoms with van der Waals surface area (Å²) < 4.78 is 12.0. The van der Waals surface area contributed by atoms with Gasteiger partial charge in [0.2, 0.25) is 6.10 Å². The first-order chi connectivity index (χ1) is 13.2. The predicted octanol–water partition coefficient (Wildman–Crippen LogP) is 3.66. The van der Waals surface area contributed by atoms with Crippen molar-refractivity contribution in [1.29, 1.82) is 0 Å².